The van der Waals surface area contributed by atoms with Gasteiger partial charge in [0.05, 0.1) is 0 Å². The summed E-state index contributed by atoms with van der Waals surface area (Å²) in [5.41, 5.74) is 1.10. The largest absolute Gasteiger partial charge is 0.484 e. The molecule has 0 aliphatic heterocycles. The van der Waals surface area contributed by atoms with Crippen LogP contribution in [0.25, 0.3) is 0 Å². The van der Waals surface area contributed by atoms with Gasteiger partial charge < -0.3 is 10.1 Å². The highest BCUT2D eigenvalue weighted by molar-refractivity contribution is 6.30. The maximum atomic E-state index is 12.4. The third-order valence-corrected chi connectivity index (χ3v) is 4.55. The molecule has 0 saturated carbocycles. The normalized spacial score (nSPS) is 11.7. The van der Waals surface area contributed by atoms with Crippen LogP contribution in [-0.4, -0.2) is 34.6 Å². The van der Waals surface area contributed by atoms with Crippen molar-refractivity contribution in [2.24, 2.45) is 5.92 Å². The van der Waals surface area contributed by atoms with E-state index in [2.05, 4.69) is 10.4 Å². The fourth-order valence-corrected chi connectivity index (χ4v) is 2.88. The van der Waals surface area contributed by atoms with Crippen LogP contribution in [0.3, 0.4) is 0 Å². The number of carbonyl (C=O) groups is 2. The molecule has 0 aliphatic rings. The van der Waals surface area contributed by atoms with Crippen molar-refractivity contribution in [1.29, 1.82) is 0 Å². The van der Waals surface area contributed by atoms with Crippen LogP contribution in [0.2, 0.25) is 5.02 Å². The summed E-state index contributed by atoms with van der Waals surface area (Å²) in [6.45, 7) is 3.23. The van der Waals surface area contributed by atoms with Gasteiger partial charge in [-0.1, -0.05) is 18.5 Å². The van der Waals surface area contributed by atoms with Gasteiger partial charge in [0, 0.05) is 41.6 Å². The van der Waals surface area contributed by atoms with E-state index in [4.69, 9.17) is 16.3 Å². The number of nitrogens with one attached hydrogen (secondary N) is 1. The average Bonchev–Trinajstić information content (AvgIpc) is 3.24. The molecule has 0 aliphatic carbocycles. The number of aromatic nitrogens is 2. The van der Waals surface area contributed by atoms with Gasteiger partial charge in [0.15, 0.2) is 12.4 Å². The van der Waals surface area contributed by atoms with Crippen molar-refractivity contribution >= 4 is 23.3 Å². The van der Waals surface area contributed by atoms with Crippen molar-refractivity contribution in [3.8, 4) is 5.75 Å². The molecule has 150 valence electrons. The molecule has 3 rings (SSSR count). The highest BCUT2D eigenvalue weighted by atomic mass is 35.5. The Morgan fingerprint density at radius 1 is 1.10 bits per heavy atom. The predicted molar refractivity (Wildman–Crippen MR) is 111 cm³/mol. The summed E-state index contributed by atoms with van der Waals surface area (Å²) in [5.74, 6) is 0.477. The lowest BCUT2D eigenvalue weighted by atomic mass is 10.0. The van der Waals surface area contributed by atoms with E-state index in [1.807, 2.05) is 23.9 Å². The van der Waals surface area contributed by atoms with E-state index < -0.39 is 0 Å². The van der Waals surface area contributed by atoms with Crippen LogP contribution in [0.1, 0.15) is 22.8 Å². The quantitative estimate of drug-likeness (QED) is 0.546. The second-order valence-corrected chi connectivity index (χ2v) is 7.22. The van der Waals surface area contributed by atoms with E-state index in [1.54, 1.807) is 54.7 Å². The number of benzene rings is 2. The average molecular weight is 412 g/mol. The lowest BCUT2D eigenvalue weighted by Crippen LogP contribution is -2.33. The van der Waals surface area contributed by atoms with E-state index in [0.717, 1.165) is 6.54 Å². The molecular weight excluding hydrogens is 390 g/mol. The van der Waals surface area contributed by atoms with E-state index >= 15 is 0 Å². The van der Waals surface area contributed by atoms with Crippen molar-refractivity contribution in [3.05, 3.63) is 83.1 Å². The number of hydrogen-bond acceptors (Lipinski definition) is 4. The first-order valence-corrected chi connectivity index (χ1v) is 9.66. The molecule has 29 heavy (non-hydrogen) atoms. The van der Waals surface area contributed by atoms with Gasteiger partial charge in [-0.05, 0) is 60.5 Å². The number of rotatable bonds is 9. The lowest BCUT2D eigenvalue weighted by Gasteiger charge is -2.13. The third kappa shape index (κ3) is 6.19. The predicted octanol–water partition coefficient (Wildman–Crippen LogP) is 3.60. The Kier molecular flexibility index (Phi) is 7.03. The minimum absolute atomic E-state index is 0.0844. The molecule has 3 aromatic rings. The standard InChI is InChI=1S/C22H22ClN3O3/c1-16(14-26-12-2-11-25-26)13-24-21(27)15-29-20-9-5-18(6-10-20)22(28)17-3-7-19(23)8-4-17/h2-12,16H,13-15H2,1H3,(H,24,27). The van der Waals surface area contributed by atoms with Gasteiger partial charge in [-0.2, -0.15) is 5.10 Å². The molecule has 1 unspecified atom stereocenters. The number of carbonyl (C=O) groups excluding carboxylic acids is 2. The van der Waals surface area contributed by atoms with Crippen LogP contribution in [0.15, 0.2) is 67.0 Å². The Hall–Kier alpha value is -3.12. The van der Waals surface area contributed by atoms with E-state index in [9.17, 15) is 9.59 Å². The smallest absolute Gasteiger partial charge is 0.257 e. The maximum Gasteiger partial charge on any atom is 0.257 e. The maximum absolute atomic E-state index is 12.4. The van der Waals surface area contributed by atoms with Crippen LogP contribution < -0.4 is 10.1 Å². The van der Waals surface area contributed by atoms with Gasteiger partial charge in [-0.3, -0.25) is 14.3 Å². The fourth-order valence-electron chi connectivity index (χ4n) is 2.75. The molecule has 1 N–H and O–H groups in total. The molecule has 1 heterocycles. The SMILES string of the molecule is CC(CNC(=O)COc1ccc(C(=O)c2ccc(Cl)cc2)cc1)Cn1cccn1. The van der Waals surface area contributed by atoms with Gasteiger partial charge in [-0.15, -0.1) is 0 Å². The summed E-state index contributed by atoms with van der Waals surface area (Å²) in [5, 5.41) is 7.58. The van der Waals surface area contributed by atoms with Crippen LogP contribution in [0.4, 0.5) is 0 Å². The first-order valence-electron chi connectivity index (χ1n) is 9.28. The van der Waals surface area contributed by atoms with Gasteiger partial charge in [-0.25, -0.2) is 0 Å². The number of amides is 1. The Morgan fingerprint density at radius 3 is 2.38 bits per heavy atom. The van der Waals surface area contributed by atoms with E-state index in [0.29, 0.717) is 28.4 Å². The van der Waals surface area contributed by atoms with Crippen LogP contribution >= 0.6 is 11.6 Å². The van der Waals surface area contributed by atoms with Crippen LogP contribution in [0.5, 0.6) is 5.75 Å². The Morgan fingerprint density at radius 2 is 1.76 bits per heavy atom. The third-order valence-electron chi connectivity index (χ3n) is 4.30. The van der Waals surface area contributed by atoms with Crippen molar-refractivity contribution in [3.63, 3.8) is 0 Å². The van der Waals surface area contributed by atoms with Crippen molar-refractivity contribution in [1.82, 2.24) is 15.1 Å². The van der Waals surface area contributed by atoms with Gasteiger partial charge in [0.1, 0.15) is 5.75 Å². The Labute approximate surface area is 174 Å². The van der Waals surface area contributed by atoms with Crippen molar-refractivity contribution in [2.75, 3.05) is 13.2 Å². The molecule has 6 nitrogen and oxygen atoms in total. The Balaban J connectivity index is 1.44. The highest BCUT2D eigenvalue weighted by Crippen LogP contribution is 2.17. The first-order chi connectivity index (χ1) is 14.0. The fraction of sp³-hybridized carbons (Fsp3) is 0.227. The van der Waals surface area contributed by atoms with Crippen LogP contribution in [0, 0.1) is 5.92 Å². The molecule has 1 amide bonds. The van der Waals surface area contributed by atoms with E-state index in [1.165, 1.54) is 0 Å². The molecule has 2 aromatic carbocycles. The number of ether oxygens (including phenoxy) is 1. The number of nitrogens with zero attached hydrogens (tertiary/aromatic N) is 2. The summed E-state index contributed by atoms with van der Waals surface area (Å²) in [4.78, 5) is 24.4. The molecule has 0 fully saturated rings. The summed E-state index contributed by atoms with van der Waals surface area (Å²) < 4.78 is 7.34. The molecule has 1 aromatic heterocycles. The molecule has 1 atom stereocenters. The van der Waals surface area contributed by atoms with Gasteiger partial charge >= 0.3 is 0 Å². The summed E-state index contributed by atoms with van der Waals surface area (Å²) in [6, 6.07) is 15.3. The monoisotopic (exact) mass is 411 g/mol. The highest BCUT2D eigenvalue weighted by Gasteiger charge is 2.10. The second-order valence-electron chi connectivity index (χ2n) is 6.79. The summed E-state index contributed by atoms with van der Waals surface area (Å²) in [7, 11) is 0. The topological polar surface area (TPSA) is 73.2 Å². The lowest BCUT2D eigenvalue weighted by molar-refractivity contribution is -0.123. The first kappa shape index (κ1) is 20.6. The second kappa shape index (κ2) is 9.89. The van der Waals surface area contributed by atoms with Crippen molar-refractivity contribution < 1.29 is 14.3 Å². The molecule has 7 heteroatoms. The van der Waals surface area contributed by atoms with Crippen molar-refractivity contribution in [2.45, 2.75) is 13.5 Å². The Bertz CT molecular complexity index is 938. The minimum atomic E-state index is -0.196. The number of halogens is 1. The summed E-state index contributed by atoms with van der Waals surface area (Å²) in [6.07, 6.45) is 3.62. The van der Waals surface area contributed by atoms with E-state index in [-0.39, 0.29) is 24.2 Å². The molecule has 0 spiro atoms. The number of ketones is 1. The molecule has 0 bridgehead atoms. The molecule has 0 saturated heterocycles. The zero-order valence-electron chi connectivity index (χ0n) is 16.0. The molecular formula is C22H22ClN3O3. The van der Waals surface area contributed by atoms with Gasteiger partial charge in [0.2, 0.25) is 0 Å². The van der Waals surface area contributed by atoms with Gasteiger partial charge in [0.25, 0.3) is 5.91 Å². The van der Waals surface area contributed by atoms with Crippen LogP contribution in [-0.2, 0) is 11.3 Å². The zero-order valence-corrected chi connectivity index (χ0v) is 16.8. The zero-order chi connectivity index (χ0) is 20.6. The molecule has 0 radical (unpaired) electrons. The summed E-state index contributed by atoms with van der Waals surface area (Å²) >= 11 is 5.85. The number of hydrogen-bond donors (Lipinski definition) is 1. The minimum Gasteiger partial charge on any atom is -0.484 e.